The molecule has 3 N–H and O–H groups in total. The fourth-order valence-corrected chi connectivity index (χ4v) is 2.80. The molecule has 1 rings (SSSR count). The number of nitrogens with one attached hydrogen (secondary N) is 1. The summed E-state index contributed by atoms with van der Waals surface area (Å²) in [6.45, 7) is 8.22. The molecular weight excluding hydrogens is 292 g/mol. The molecule has 0 saturated heterocycles. The first-order valence-corrected chi connectivity index (χ1v) is 8.36. The van der Waals surface area contributed by atoms with Crippen molar-refractivity contribution in [2.24, 2.45) is 5.73 Å². The molecule has 0 aliphatic heterocycles. The van der Waals surface area contributed by atoms with Crippen molar-refractivity contribution in [1.82, 2.24) is 4.72 Å². The van der Waals surface area contributed by atoms with Crippen LogP contribution in [0.1, 0.15) is 27.7 Å². The van der Waals surface area contributed by atoms with Gasteiger partial charge in [0.25, 0.3) is 0 Å². The zero-order valence-electron chi connectivity index (χ0n) is 13.0. The van der Waals surface area contributed by atoms with Crippen molar-refractivity contribution in [2.75, 3.05) is 19.8 Å². The van der Waals surface area contributed by atoms with E-state index in [-0.39, 0.29) is 11.4 Å². The Morgan fingerprint density at radius 1 is 1.14 bits per heavy atom. The molecular formula is C14H24N2O4S. The molecule has 21 heavy (non-hydrogen) atoms. The highest BCUT2D eigenvalue weighted by Gasteiger charge is 2.20. The van der Waals surface area contributed by atoms with Crippen LogP contribution in [0.25, 0.3) is 0 Å². The first kappa shape index (κ1) is 17.7. The monoisotopic (exact) mass is 316 g/mol. The minimum atomic E-state index is -3.63. The molecule has 0 amide bonds. The van der Waals surface area contributed by atoms with E-state index < -0.39 is 15.6 Å². The van der Waals surface area contributed by atoms with Gasteiger partial charge < -0.3 is 15.2 Å². The van der Waals surface area contributed by atoms with Gasteiger partial charge in [0.2, 0.25) is 10.0 Å². The van der Waals surface area contributed by atoms with Crippen molar-refractivity contribution < 1.29 is 17.9 Å². The third-order valence-corrected chi connectivity index (χ3v) is 3.94. The zero-order chi connectivity index (χ0) is 16.1. The Morgan fingerprint density at radius 3 is 2.24 bits per heavy atom. The number of hydrogen-bond donors (Lipinski definition) is 2. The molecule has 0 aliphatic carbocycles. The lowest BCUT2D eigenvalue weighted by Gasteiger charge is -2.19. The zero-order valence-corrected chi connectivity index (χ0v) is 13.8. The molecule has 0 heterocycles. The van der Waals surface area contributed by atoms with E-state index in [0.717, 1.165) is 0 Å². The number of benzene rings is 1. The average Bonchev–Trinajstić information content (AvgIpc) is 2.38. The van der Waals surface area contributed by atoms with Crippen molar-refractivity contribution in [2.45, 2.75) is 38.1 Å². The molecule has 0 spiro atoms. The third-order valence-electron chi connectivity index (χ3n) is 2.54. The molecule has 0 radical (unpaired) electrons. The first-order chi connectivity index (χ1) is 9.69. The van der Waals surface area contributed by atoms with E-state index in [1.165, 1.54) is 12.1 Å². The SMILES string of the molecule is CCOc1ccc(S(=O)(=O)NCC(C)(C)N)cc1OCC. The molecule has 0 atom stereocenters. The maximum absolute atomic E-state index is 12.2. The summed E-state index contributed by atoms with van der Waals surface area (Å²) < 4.78 is 37.8. The van der Waals surface area contributed by atoms with Crippen LogP contribution in [0.4, 0.5) is 0 Å². The third kappa shape index (κ3) is 5.53. The van der Waals surface area contributed by atoms with Gasteiger partial charge in [-0.3, -0.25) is 0 Å². The number of rotatable bonds is 8. The fourth-order valence-electron chi connectivity index (χ4n) is 1.56. The van der Waals surface area contributed by atoms with Crippen molar-refractivity contribution in [3.05, 3.63) is 18.2 Å². The van der Waals surface area contributed by atoms with E-state index in [2.05, 4.69) is 4.72 Å². The minimum Gasteiger partial charge on any atom is -0.490 e. The maximum Gasteiger partial charge on any atom is 0.240 e. The van der Waals surface area contributed by atoms with E-state index in [1.807, 2.05) is 13.8 Å². The molecule has 6 nitrogen and oxygen atoms in total. The highest BCUT2D eigenvalue weighted by molar-refractivity contribution is 7.89. The van der Waals surface area contributed by atoms with Gasteiger partial charge in [0, 0.05) is 18.2 Å². The number of ether oxygens (including phenoxy) is 2. The van der Waals surface area contributed by atoms with Gasteiger partial charge in [-0.2, -0.15) is 0 Å². The van der Waals surface area contributed by atoms with Gasteiger partial charge in [-0.25, -0.2) is 13.1 Å². The van der Waals surface area contributed by atoms with Crippen LogP contribution in [-0.2, 0) is 10.0 Å². The molecule has 0 saturated carbocycles. The number of hydrogen-bond acceptors (Lipinski definition) is 5. The van der Waals surface area contributed by atoms with Gasteiger partial charge in [-0.15, -0.1) is 0 Å². The summed E-state index contributed by atoms with van der Waals surface area (Å²) in [7, 11) is -3.63. The lowest BCUT2D eigenvalue weighted by Crippen LogP contribution is -2.45. The Hall–Kier alpha value is -1.31. The van der Waals surface area contributed by atoms with E-state index in [9.17, 15) is 8.42 Å². The fraction of sp³-hybridized carbons (Fsp3) is 0.571. The first-order valence-electron chi connectivity index (χ1n) is 6.88. The molecule has 0 aromatic heterocycles. The molecule has 120 valence electrons. The van der Waals surface area contributed by atoms with Crippen LogP contribution in [0.2, 0.25) is 0 Å². The normalized spacial score (nSPS) is 12.2. The summed E-state index contributed by atoms with van der Waals surface area (Å²) in [5.74, 6) is 0.937. The summed E-state index contributed by atoms with van der Waals surface area (Å²) in [4.78, 5) is 0.124. The Balaban J connectivity index is 3.04. The Kier molecular flexibility index (Phi) is 6.00. The number of sulfonamides is 1. The predicted molar refractivity (Wildman–Crippen MR) is 82.2 cm³/mol. The van der Waals surface area contributed by atoms with Gasteiger partial charge in [0.15, 0.2) is 11.5 Å². The van der Waals surface area contributed by atoms with Crippen LogP contribution in [0, 0.1) is 0 Å². The second-order valence-electron chi connectivity index (χ2n) is 5.29. The van der Waals surface area contributed by atoms with Crippen molar-refractivity contribution >= 4 is 10.0 Å². The molecule has 0 bridgehead atoms. The maximum atomic E-state index is 12.2. The van der Waals surface area contributed by atoms with E-state index in [0.29, 0.717) is 24.7 Å². The highest BCUT2D eigenvalue weighted by atomic mass is 32.2. The summed E-state index contributed by atoms with van der Waals surface area (Å²) >= 11 is 0. The van der Waals surface area contributed by atoms with E-state index >= 15 is 0 Å². The van der Waals surface area contributed by atoms with Gasteiger partial charge in [0.05, 0.1) is 18.1 Å². The largest absolute Gasteiger partial charge is 0.490 e. The summed E-state index contributed by atoms with van der Waals surface area (Å²) in [6.07, 6.45) is 0. The average molecular weight is 316 g/mol. The summed E-state index contributed by atoms with van der Waals surface area (Å²) in [5.41, 5.74) is 5.17. The lowest BCUT2D eigenvalue weighted by molar-refractivity contribution is 0.287. The van der Waals surface area contributed by atoms with Crippen LogP contribution in [-0.4, -0.2) is 33.7 Å². The molecule has 1 aromatic carbocycles. The Morgan fingerprint density at radius 2 is 1.71 bits per heavy atom. The van der Waals surface area contributed by atoms with Crippen LogP contribution < -0.4 is 19.9 Å². The van der Waals surface area contributed by atoms with Gasteiger partial charge >= 0.3 is 0 Å². The van der Waals surface area contributed by atoms with Gasteiger partial charge in [-0.05, 0) is 39.8 Å². The predicted octanol–water partition coefficient (Wildman–Crippen LogP) is 1.50. The topological polar surface area (TPSA) is 90.7 Å². The van der Waals surface area contributed by atoms with Crippen LogP contribution in [0.5, 0.6) is 11.5 Å². The lowest BCUT2D eigenvalue weighted by atomic mass is 10.1. The van der Waals surface area contributed by atoms with Crippen molar-refractivity contribution in [3.63, 3.8) is 0 Å². The van der Waals surface area contributed by atoms with Crippen LogP contribution >= 0.6 is 0 Å². The summed E-state index contributed by atoms with van der Waals surface area (Å²) in [5, 5.41) is 0. The number of nitrogens with two attached hydrogens (primary N) is 1. The minimum absolute atomic E-state index is 0.124. The highest BCUT2D eigenvalue weighted by Crippen LogP contribution is 2.30. The summed E-state index contributed by atoms with van der Waals surface area (Å²) in [6, 6.07) is 4.54. The van der Waals surface area contributed by atoms with Crippen molar-refractivity contribution in [3.8, 4) is 11.5 Å². The van der Waals surface area contributed by atoms with Gasteiger partial charge in [0.1, 0.15) is 0 Å². The molecule has 0 unspecified atom stereocenters. The molecule has 0 aliphatic rings. The molecule has 7 heteroatoms. The van der Waals surface area contributed by atoms with Gasteiger partial charge in [-0.1, -0.05) is 0 Å². The Labute approximate surface area is 126 Å². The smallest absolute Gasteiger partial charge is 0.240 e. The molecule has 0 fully saturated rings. The Bertz CT molecular complexity index is 565. The van der Waals surface area contributed by atoms with Crippen molar-refractivity contribution in [1.29, 1.82) is 0 Å². The van der Waals surface area contributed by atoms with E-state index in [4.69, 9.17) is 15.2 Å². The second kappa shape index (κ2) is 7.11. The van der Waals surface area contributed by atoms with Crippen LogP contribution in [0.3, 0.4) is 0 Å². The van der Waals surface area contributed by atoms with E-state index in [1.54, 1.807) is 19.9 Å². The second-order valence-corrected chi connectivity index (χ2v) is 7.05. The van der Waals surface area contributed by atoms with Crippen LogP contribution in [0.15, 0.2) is 23.1 Å². The quantitative estimate of drug-likeness (QED) is 0.758. The standard InChI is InChI=1S/C14H24N2O4S/c1-5-19-12-8-7-11(9-13(12)20-6-2)21(17,18)16-10-14(3,4)15/h7-9,16H,5-6,10,15H2,1-4H3. The molecule has 1 aromatic rings.